The molecular weight excluding hydrogens is 381 g/mol. The summed E-state index contributed by atoms with van der Waals surface area (Å²) in [5, 5.41) is 13.5. The molecule has 1 aromatic heterocycles. The minimum absolute atomic E-state index is 0.0199. The van der Waals surface area contributed by atoms with Gasteiger partial charge in [0, 0.05) is 30.0 Å². The number of fused-ring (bicyclic) bond motifs is 1. The highest BCUT2D eigenvalue weighted by atomic mass is 19.1. The van der Waals surface area contributed by atoms with Crippen LogP contribution in [0.3, 0.4) is 0 Å². The molecule has 0 amide bonds. The molecule has 2 heterocycles. The fraction of sp³-hybridized carbons (Fsp3) is 0.350. The minimum atomic E-state index is -3.37. The minimum Gasteiger partial charge on any atom is -0.481 e. The number of rotatable bonds is 8. The number of benzene rings is 1. The molecule has 2 unspecified atom stereocenters. The van der Waals surface area contributed by atoms with Crippen LogP contribution in [0.4, 0.5) is 4.39 Å². The van der Waals surface area contributed by atoms with E-state index in [9.17, 15) is 18.8 Å². The van der Waals surface area contributed by atoms with Crippen molar-refractivity contribution in [1.29, 1.82) is 0 Å². The molecule has 0 bridgehead atoms. The first-order valence-corrected chi connectivity index (χ1v) is 9.08. The van der Waals surface area contributed by atoms with Crippen molar-refractivity contribution in [3.05, 3.63) is 42.1 Å². The average Bonchev–Trinajstić information content (AvgIpc) is 3.16. The van der Waals surface area contributed by atoms with Gasteiger partial charge in [-0.3, -0.25) is 25.1 Å². The van der Waals surface area contributed by atoms with Crippen molar-refractivity contribution in [1.82, 2.24) is 4.98 Å². The molecule has 152 valence electrons. The van der Waals surface area contributed by atoms with E-state index < -0.39 is 41.8 Å². The Morgan fingerprint density at radius 3 is 2.69 bits per heavy atom. The number of carbonyl (C=O) groups excluding carboxylic acids is 2. The lowest BCUT2D eigenvalue weighted by Crippen LogP contribution is -2.60. The van der Waals surface area contributed by atoms with Crippen LogP contribution >= 0.6 is 0 Å². The number of nitrogens with zero attached hydrogens (tertiary/aromatic N) is 2. The van der Waals surface area contributed by atoms with Gasteiger partial charge in [-0.2, -0.15) is 0 Å². The number of ketones is 2. The number of hydrogen-bond donors (Lipinski definition) is 2. The molecule has 1 aliphatic rings. The Morgan fingerprint density at radius 2 is 2.00 bits per heavy atom. The number of hydrogen-bond acceptors (Lipinski definition) is 7. The topological polar surface area (TPSA) is 132 Å². The Kier molecular flexibility index (Phi) is 5.43. The van der Waals surface area contributed by atoms with Crippen molar-refractivity contribution in [2.75, 3.05) is 0 Å². The molecule has 0 aliphatic carbocycles. The summed E-state index contributed by atoms with van der Waals surface area (Å²) in [5.41, 5.74) is 5.31. The number of pyridine rings is 1. The Morgan fingerprint density at radius 1 is 1.28 bits per heavy atom. The fourth-order valence-corrected chi connectivity index (χ4v) is 3.29. The average molecular weight is 401 g/mol. The van der Waals surface area contributed by atoms with Crippen molar-refractivity contribution in [3.8, 4) is 0 Å². The zero-order chi connectivity index (χ0) is 21.2. The molecule has 0 fully saturated rings. The Bertz CT molecular complexity index is 1010. The zero-order valence-electron chi connectivity index (χ0n) is 15.7. The van der Waals surface area contributed by atoms with E-state index in [-0.39, 0.29) is 12.8 Å². The number of aromatic nitrogens is 1. The van der Waals surface area contributed by atoms with Gasteiger partial charge in [0.05, 0.1) is 17.6 Å². The molecule has 1 aromatic carbocycles. The number of aliphatic carboxylic acids is 1. The first-order chi connectivity index (χ1) is 13.7. The predicted octanol–water partition coefficient (Wildman–Crippen LogP) is 2.14. The van der Waals surface area contributed by atoms with E-state index in [0.717, 1.165) is 5.39 Å². The van der Waals surface area contributed by atoms with E-state index >= 15 is 0 Å². The van der Waals surface area contributed by atoms with E-state index in [1.54, 1.807) is 31.3 Å². The maximum absolute atomic E-state index is 14.9. The summed E-state index contributed by atoms with van der Waals surface area (Å²) < 4.78 is 14.9. The number of carboxylic acid groups (broad SMARTS) is 1. The highest BCUT2D eigenvalue weighted by Crippen LogP contribution is 2.36. The molecule has 0 saturated heterocycles. The van der Waals surface area contributed by atoms with Crippen LogP contribution in [0.5, 0.6) is 0 Å². The number of para-hydroxylation sites is 1. The number of nitrogens with two attached hydrogens (primary N) is 1. The predicted molar refractivity (Wildman–Crippen MR) is 102 cm³/mol. The van der Waals surface area contributed by atoms with E-state index in [1.165, 1.54) is 0 Å². The molecule has 9 heteroatoms. The van der Waals surface area contributed by atoms with Gasteiger partial charge in [-0.25, -0.2) is 4.39 Å². The van der Waals surface area contributed by atoms with Crippen molar-refractivity contribution in [2.45, 2.75) is 44.0 Å². The van der Waals surface area contributed by atoms with Crippen LogP contribution in [0.2, 0.25) is 0 Å². The van der Waals surface area contributed by atoms with Crippen molar-refractivity contribution < 1.29 is 28.7 Å². The summed E-state index contributed by atoms with van der Waals surface area (Å²) in [4.78, 5) is 45.2. The third-order valence-electron chi connectivity index (χ3n) is 5.01. The van der Waals surface area contributed by atoms with Gasteiger partial charge >= 0.3 is 5.97 Å². The summed E-state index contributed by atoms with van der Waals surface area (Å²) in [7, 11) is 0. The fourth-order valence-electron chi connectivity index (χ4n) is 3.29. The maximum atomic E-state index is 14.9. The van der Waals surface area contributed by atoms with Gasteiger partial charge in [-0.1, -0.05) is 36.3 Å². The molecular formula is C20H20FN3O5. The quantitative estimate of drug-likeness (QED) is 0.511. The van der Waals surface area contributed by atoms with Crippen molar-refractivity contribution in [2.24, 2.45) is 10.9 Å². The van der Waals surface area contributed by atoms with Crippen LogP contribution < -0.4 is 5.73 Å². The van der Waals surface area contributed by atoms with Gasteiger partial charge in [0.25, 0.3) is 5.79 Å². The molecule has 3 N–H and O–H groups in total. The molecule has 8 nitrogen and oxygen atoms in total. The Labute approximate surface area is 165 Å². The first kappa shape index (κ1) is 20.5. The van der Waals surface area contributed by atoms with Gasteiger partial charge in [0.15, 0.2) is 5.78 Å². The summed E-state index contributed by atoms with van der Waals surface area (Å²) >= 11 is 0. The lowest BCUT2D eigenvalue weighted by Gasteiger charge is -2.29. The van der Waals surface area contributed by atoms with E-state index in [4.69, 9.17) is 15.7 Å². The Balaban J connectivity index is 1.87. The first-order valence-electron chi connectivity index (χ1n) is 9.08. The smallest absolute Gasteiger partial charge is 0.303 e. The zero-order valence-corrected chi connectivity index (χ0v) is 15.7. The van der Waals surface area contributed by atoms with E-state index in [2.05, 4.69) is 10.1 Å². The van der Waals surface area contributed by atoms with Gasteiger partial charge in [0.2, 0.25) is 11.4 Å². The number of carbonyl (C=O) groups is 3. The molecule has 2 aromatic rings. The van der Waals surface area contributed by atoms with Crippen LogP contribution in [-0.4, -0.2) is 44.7 Å². The Hall–Kier alpha value is -3.20. The summed E-state index contributed by atoms with van der Waals surface area (Å²) in [6.07, 6.45) is 0.223. The number of alkyl halides is 1. The summed E-state index contributed by atoms with van der Waals surface area (Å²) in [5.74, 6) is -7.23. The van der Waals surface area contributed by atoms with Crippen LogP contribution in [0, 0.1) is 0 Å². The SMILES string of the molecule is CCC1(C(=O)C(N)(F)C(=O)CCC(=O)O)CC(c2cccc3cccnc23)=NO1. The second-order valence-corrected chi connectivity index (χ2v) is 6.89. The van der Waals surface area contributed by atoms with Gasteiger partial charge in [-0.05, 0) is 12.5 Å². The van der Waals surface area contributed by atoms with Crippen LogP contribution in [0.1, 0.15) is 38.2 Å². The second-order valence-electron chi connectivity index (χ2n) is 6.89. The number of carboxylic acids is 1. The van der Waals surface area contributed by atoms with Crippen LogP contribution in [0.25, 0.3) is 10.9 Å². The number of Topliss-reactive ketones (excluding diaryl/α,β-unsaturated/α-hetero) is 2. The normalized spacial score (nSPS) is 20.6. The summed E-state index contributed by atoms with van der Waals surface area (Å²) in [6.45, 7) is 1.59. The van der Waals surface area contributed by atoms with Crippen molar-refractivity contribution >= 4 is 34.2 Å². The molecule has 3 rings (SSSR count). The van der Waals surface area contributed by atoms with E-state index in [0.29, 0.717) is 16.8 Å². The molecule has 29 heavy (non-hydrogen) atoms. The molecule has 1 aliphatic heterocycles. The number of oxime groups is 1. The third kappa shape index (κ3) is 3.73. The second kappa shape index (κ2) is 7.67. The monoisotopic (exact) mass is 401 g/mol. The molecule has 2 atom stereocenters. The number of halogens is 1. The lowest BCUT2D eigenvalue weighted by atomic mass is 9.82. The van der Waals surface area contributed by atoms with Gasteiger partial charge in [-0.15, -0.1) is 0 Å². The standard InChI is InChI=1S/C20H20FN3O5/c1-2-19(18(28)20(21,22)15(25)8-9-16(26)27)11-14(24-29-19)13-7-3-5-12-6-4-10-23-17(12)13/h3-7,10H,2,8-9,11,22H2,1H3,(H,26,27). The molecule has 0 spiro atoms. The lowest BCUT2D eigenvalue weighted by molar-refractivity contribution is -0.160. The van der Waals surface area contributed by atoms with Crippen LogP contribution in [-0.2, 0) is 19.2 Å². The van der Waals surface area contributed by atoms with Crippen LogP contribution in [0.15, 0.2) is 41.7 Å². The van der Waals surface area contributed by atoms with Crippen molar-refractivity contribution in [3.63, 3.8) is 0 Å². The maximum Gasteiger partial charge on any atom is 0.303 e. The molecule has 0 saturated carbocycles. The van der Waals surface area contributed by atoms with Gasteiger partial charge in [0.1, 0.15) is 0 Å². The molecule has 0 radical (unpaired) electrons. The highest BCUT2D eigenvalue weighted by molar-refractivity contribution is 6.17. The highest BCUT2D eigenvalue weighted by Gasteiger charge is 2.56. The van der Waals surface area contributed by atoms with Gasteiger partial charge < -0.3 is 9.94 Å². The third-order valence-corrected chi connectivity index (χ3v) is 5.01. The van der Waals surface area contributed by atoms with E-state index in [1.807, 2.05) is 12.1 Å². The summed E-state index contributed by atoms with van der Waals surface area (Å²) in [6, 6.07) is 9.08. The largest absolute Gasteiger partial charge is 0.481 e.